The first kappa shape index (κ1) is 14.2. The van der Waals surface area contributed by atoms with Crippen molar-refractivity contribution in [2.75, 3.05) is 5.32 Å². The lowest BCUT2D eigenvalue weighted by Crippen LogP contribution is -2.37. The molecule has 3 N–H and O–H groups in total. The minimum atomic E-state index is -0.894. The molecule has 0 spiro atoms. The molecular weight excluding hydrogens is 270 g/mol. The van der Waals surface area contributed by atoms with Gasteiger partial charge in [-0.05, 0) is 31.4 Å². The zero-order valence-electron chi connectivity index (χ0n) is 10.5. The highest BCUT2D eigenvalue weighted by molar-refractivity contribution is 5.89. The number of nitrogens with one attached hydrogen (secondary N) is 2. The molecule has 2 atom stereocenters. The lowest BCUT2D eigenvalue weighted by molar-refractivity contribution is -0.141. The number of carbonyl (C=O) groups excluding carboxylic acids is 1. The highest BCUT2D eigenvalue weighted by atomic mass is 19.1. The van der Waals surface area contributed by atoms with E-state index in [0.717, 1.165) is 12.1 Å². The summed E-state index contributed by atoms with van der Waals surface area (Å²) >= 11 is 0. The summed E-state index contributed by atoms with van der Waals surface area (Å²) in [4.78, 5) is 22.4. The summed E-state index contributed by atoms with van der Waals surface area (Å²) in [5, 5.41) is 13.5. The van der Waals surface area contributed by atoms with Crippen LogP contribution in [0.1, 0.15) is 19.3 Å². The fourth-order valence-corrected chi connectivity index (χ4v) is 2.29. The number of carbonyl (C=O) groups is 2. The molecule has 5 nitrogen and oxygen atoms in total. The van der Waals surface area contributed by atoms with Crippen LogP contribution in [0, 0.1) is 17.6 Å². The molecule has 0 aliphatic heterocycles. The van der Waals surface area contributed by atoms with Crippen LogP contribution in [0.3, 0.4) is 0 Å². The largest absolute Gasteiger partial charge is 0.481 e. The Morgan fingerprint density at radius 2 is 1.85 bits per heavy atom. The molecule has 0 bridgehead atoms. The molecule has 1 fully saturated rings. The first-order valence-electron chi connectivity index (χ1n) is 6.21. The minimum Gasteiger partial charge on any atom is -0.481 e. The van der Waals surface area contributed by atoms with Crippen LogP contribution < -0.4 is 10.6 Å². The Morgan fingerprint density at radius 1 is 1.20 bits per heavy atom. The lowest BCUT2D eigenvalue weighted by atomic mass is 10.1. The molecule has 1 aromatic carbocycles. The monoisotopic (exact) mass is 284 g/mol. The average molecular weight is 284 g/mol. The van der Waals surface area contributed by atoms with Gasteiger partial charge in [-0.1, -0.05) is 6.07 Å². The van der Waals surface area contributed by atoms with Crippen molar-refractivity contribution in [1.82, 2.24) is 5.32 Å². The van der Waals surface area contributed by atoms with Gasteiger partial charge in [0.15, 0.2) is 0 Å². The summed E-state index contributed by atoms with van der Waals surface area (Å²) in [5.74, 6) is -3.11. The van der Waals surface area contributed by atoms with Gasteiger partial charge in [0.1, 0.15) is 17.3 Å². The van der Waals surface area contributed by atoms with E-state index in [0.29, 0.717) is 19.3 Å². The van der Waals surface area contributed by atoms with Crippen LogP contribution in [0.4, 0.5) is 19.3 Å². The molecular formula is C13H14F2N2O3. The summed E-state index contributed by atoms with van der Waals surface area (Å²) < 4.78 is 26.7. The number of anilines is 1. The van der Waals surface area contributed by atoms with E-state index in [2.05, 4.69) is 10.6 Å². The fourth-order valence-electron chi connectivity index (χ4n) is 2.29. The summed E-state index contributed by atoms with van der Waals surface area (Å²) in [6.07, 6.45) is 1.33. The van der Waals surface area contributed by atoms with E-state index in [9.17, 15) is 18.4 Å². The van der Waals surface area contributed by atoms with Crippen LogP contribution in [-0.2, 0) is 4.79 Å². The maximum atomic E-state index is 13.3. The number of carboxylic acids is 1. The van der Waals surface area contributed by atoms with Crippen molar-refractivity contribution in [2.24, 2.45) is 5.92 Å². The molecule has 0 radical (unpaired) electrons. The van der Waals surface area contributed by atoms with Gasteiger partial charge >= 0.3 is 12.0 Å². The summed E-state index contributed by atoms with van der Waals surface area (Å²) in [6, 6.07) is 2.22. The molecule has 7 heteroatoms. The molecule has 20 heavy (non-hydrogen) atoms. The molecule has 0 aromatic heterocycles. The number of benzene rings is 1. The standard InChI is InChI=1S/C13H14F2N2O3/c14-9-2-1-3-10(15)11(9)17-13(20)16-8-5-4-7(6-8)12(18)19/h1-3,7-8H,4-6H2,(H,18,19)(H2,16,17,20)/t7-,8+/m1/s1. The smallest absolute Gasteiger partial charge is 0.319 e. The number of urea groups is 1. The number of amides is 2. The van der Waals surface area contributed by atoms with Crippen molar-refractivity contribution < 1.29 is 23.5 Å². The van der Waals surface area contributed by atoms with Crippen molar-refractivity contribution in [1.29, 1.82) is 0 Å². The van der Waals surface area contributed by atoms with E-state index in [1.165, 1.54) is 6.07 Å². The van der Waals surface area contributed by atoms with Gasteiger partial charge in [-0.3, -0.25) is 4.79 Å². The molecule has 2 rings (SSSR count). The predicted molar refractivity (Wildman–Crippen MR) is 67.3 cm³/mol. The highest BCUT2D eigenvalue weighted by Crippen LogP contribution is 2.26. The van der Waals surface area contributed by atoms with Crippen LogP contribution in [0.15, 0.2) is 18.2 Å². The van der Waals surface area contributed by atoms with Gasteiger partial charge in [0.25, 0.3) is 0 Å². The van der Waals surface area contributed by atoms with Crippen molar-refractivity contribution >= 4 is 17.7 Å². The molecule has 0 saturated heterocycles. The van der Waals surface area contributed by atoms with Crippen molar-refractivity contribution in [3.05, 3.63) is 29.8 Å². The zero-order chi connectivity index (χ0) is 14.7. The van der Waals surface area contributed by atoms with Gasteiger partial charge in [0, 0.05) is 6.04 Å². The molecule has 1 saturated carbocycles. The number of hydrogen-bond acceptors (Lipinski definition) is 2. The van der Waals surface area contributed by atoms with Gasteiger partial charge in [0.2, 0.25) is 0 Å². The van der Waals surface area contributed by atoms with Crippen LogP contribution >= 0.6 is 0 Å². The predicted octanol–water partition coefficient (Wildman–Crippen LogP) is 2.34. The van der Waals surface area contributed by atoms with Gasteiger partial charge in [-0.15, -0.1) is 0 Å². The number of hydrogen-bond donors (Lipinski definition) is 3. The fraction of sp³-hybridized carbons (Fsp3) is 0.385. The summed E-state index contributed by atoms with van der Waals surface area (Å²) in [6.45, 7) is 0. The number of rotatable bonds is 3. The third-order valence-corrected chi connectivity index (χ3v) is 3.32. The Morgan fingerprint density at radius 3 is 2.40 bits per heavy atom. The molecule has 108 valence electrons. The highest BCUT2D eigenvalue weighted by Gasteiger charge is 2.30. The Balaban J connectivity index is 1.92. The first-order valence-corrected chi connectivity index (χ1v) is 6.21. The van der Waals surface area contributed by atoms with Gasteiger partial charge in [-0.2, -0.15) is 0 Å². The van der Waals surface area contributed by atoms with E-state index < -0.39 is 35.2 Å². The molecule has 1 aliphatic carbocycles. The normalized spacial score (nSPS) is 21.5. The average Bonchev–Trinajstić information content (AvgIpc) is 2.82. The van der Waals surface area contributed by atoms with Gasteiger partial charge in [0.05, 0.1) is 5.92 Å². The van der Waals surface area contributed by atoms with Crippen LogP contribution in [0.25, 0.3) is 0 Å². The Bertz CT molecular complexity index is 516. The van der Waals surface area contributed by atoms with Crippen LogP contribution in [0.5, 0.6) is 0 Å². The third-order valence-electron chi connectivity index (χ3n) is 3.32. The third kappa shape index (κ3) is 3.23. The second-order valence-electron chi connectivity index (χ2n) is 4.74. The number of aliphatic carboxylic acids is 1. The SMILES string of the molecule is O=C(Nc1c(F)cccc1F)N[C@H]1CC[C@@H](C(=O)O)C1. The zero-order valence-corrected chi connectivity index (χ0v) is 10.5. The molecule has 0 unspecified atom stereocenters. The van der Waals surface area contributed by atoms with Crippen molar-refractivity contribution in [3.8, 4) is 0 Å². The van der Waals surface area contributed by atoms with E-state index in [1.807, 2.05) is 0 Å². The Kier molecular flexibility index (Phi) is 4.16. The summed E-state index contributed by atoms with van der Waals surface area (Å²) in [5.41, 5.74) is -0.516. The molecule has 1 aliphatic rings. The second-order valence-corrected chi connectivity index (χ2v) is 4.74. The van der Waals surface area contributed by atoms with Crippen molar-refractivity contribution in [2.45, 2.75) is 25.3 Å². The quantitative estimate of drug-likeness (QED) is 0.797. The molecule has 0 heterocycles. The van der Waals surface area contributed by atoms with Gasteiger partial charge in [-0.25, -0.2) is 13.6 Å². The first-order chi connectivity index (χ1) is 9.47. The van der Waals surface area contributed by atoms with E-state index >= 15 is 0 Å². The van der Waals surface area contributed by atoms with E-state index in [1.54, 1.807) is 0 Å². The number of carboxylic acid groups (broad SMARTS) is 1. The van der Waals surface area contributed by atoms with Crippen LogP contribution in [-0.4, -0.2) is 23.1 Å². The van der Waals surface area contributed by atoms with E-state index in [-0.39, 0.29) is 6.04 Å². The van der Waals surface area contributed by atoms with Crippen molar-refractivity contribution in [3.63, 3.8) is 0 Å². The molecule has 1 aromatic rings. The number of halogens is 2. The Hall–Kier alpha value is -2.18. The maximum Gasteiger partial charge on any atom is 0.319 e. The maximum absolute atomic E-state index is 13.3. The Labute approximate surface area is 114 Å². The topological polar surface area (TPSA) is 78.4 Å². The second kappa shape index (κ2) is 5.85. The number of para-hydroxylation sites is 1. The minimum absolute atomic E-state index is 0.300. The molecule has 2 amide bonds. The summed E-state index contributed by atoms with van der Waals surface area (Å²) in [7, 11) is 0. The lowest BCUT2D eigenvalue weighted by Gasteiger charge is -2.14. The van der Waals surface area contributed by atoms with Crippen LogP contribution in [0.2, 0.25) is 0 Å². The van der Waals surface area contributed by atoms with E-state index in [4.69, 9.17) is 5.11 Å². The van der Waals surface area contributed by atoms with Gasteiger partial charge < -0.3 is 15.7 Å².